The Morgan fingerprint density at radius 2 is 2.04 bits per heavy atom. The smallest absolute Gasteiger partial charge is 0.170 e. The number of halogens is 1. The Bertz CT molecular complexity index is 957. The second-order valence-electron chi connectivity index (χ2n) is 6.40. The van der Waals surface area contributed by atoms with E-state index in [1.165, 1.54) is 0 Å². The van der Waals surface area contributed by atoms with Crippen molar-refractivity contribution < 1.29 is 4.42 Å². The van der Waals surface area contributed by atoms with E-state index in [9.17, 15) is 0 Å². The van der Waals surface area contributed by atoms with Crippen molar-refractivity contribution in [3.63, 3.8) is 0 Å². The second kappa shape index (κ2) is 6.74. The molecule has 1 aliphatic rings. The van der Waals surface area contributed by atoms with Crippen LogP contribution >= 0.6 is 23.8 Å². The second-order valence-corrected chi connectivity index (χ2v) is 7.22. The molecule has 3 aromatic rings. The predicted octanol–water partition coefficient (Wildman–Crippen LogP) is 4.91. The first kappa shape index (κ1) is 17.1. The van der Waals surface area contributed by atoms with Crippen molar-refractivity contribution in [3.05, 3.63) is 76.8 Å². The molecule has 1 aliphatic heterocycles. The van der Waals surface area contributed by atoms with E-state index in [2.05, 4.69) is 10.3 Å². The summed E-state index contributed by atoms with van der Waals surface area (Å²) in [6.45, 7) is 2.04. The molecule has 0 bridgehead atoms. The number of hydrogen-bond acceptors (Lipinski definition) is 3. The van der Waals surface area contributed by atoms with Gasteiger partial charge in [-0.3, -0.25) is 4.98 Å². The van der Waals surface area contributed by atoms with Crippen LogP contribution in [0.2, 0.25) is 5.02 Å². The molecule has 132 valence electrons. The van der Waals surface area contributed by atoms with Gasteiger partial charge in [-0.25, -0.2) is 0 Å². The first-order valence-electron chi connectivity index (χ1n) is 8.35. The highest BCUT2D eigenvalue weighted by Crippen LogP contribution is 2.40. The molecule has 6 heteroatoms. The highest BCUT2D eigenvalue weighted by molar-refractivity contribution is 7.80. The third-order valence-electron chi connectivity index (χ3n) is 4.72. The molecule has 1 saturated heterocycles. The van der Waals surface area contributed by atoms with Crippen LogP contribution in [0.25, 0.3) is 11.3 Å². The zero-order valence-electron chi connectivity index (χ0n) is 14.4. The van der Waals surface area contributed by atoms with E-state index >= 15 is 0 Å². The molecular weight excluding hydrogens is 366 g/mol. The van der Waals surface area contributed by atoms with Crippen LogP contribution < -0.4 is 5.32 Å². The SMILES string of the molecule is Cc1ccc(Cl)cc1-c1ccc([C@@H]2[C@@H](c3ccccn3)NC(=S)N2C)o1. The van der Waals surface area contributed by atoms with Gasteiger partial charge in [0.25, 0.3) is 0 Å². The number of hydrogen-bond donors (Lipinski definition) is 1. The zero-order chi connectivity index (χ0) is 18.3. The third-order valence-corrected chi connectivity index (χ3v) is 5.36. The lowest BCUT2D eigenvalue weighted by atomic mass is 10.0. The monoisotopic (exact) mass is 383 g/mol. The Labute approximate surface area is 162 Å². The Balaban J connectivity index is 1.73. The van der Waals surface area contributed by atoms with Crippen molar-refractivity contribution in [2.75, 3.05) is 7.05 Å². The maximum atomic E-state index is 6.23. The van der Waals surface area contributed by atoms with Gasteiger partial charge in [0.15, 0.2) is 5.11 Å². The van der Waals surface area contributed by atoms with Gasteiger partial charge >= 0.3 is 0 Å². The van der Waals surface area contributed by atoms with Crippen LogP contribution in [0.5, 0.6) is 0 Å². The molecule has 1 N–H and O–H groups in total. The fourth-order valence-corrected chi connectivity index (χ4v) is 3.74. The Morgan fingerprint density at radius 1 is 1.19 bits per heavy atom. The number of thiocarbonyl (C=S) groups is 1. The van der Waals surface area contributed by atoms with Crippen LogP contribution in [0.3, 0.4) is 0 Å². The summed E-state index contributed by atoms with van der Waals surface area (Å²) < 4.78 is 6.23. The zero-order valence-corrected chi connectivity index (χ0v) is 16.0. The van der Waals surface area contributed by atoms with Crippen LogP contribution in [0.15, 0.2) is 59.1 Å². The number of aryl methyl sites for hydroxylation is 1. The minimum absolute atomic E-state index is 0.0619. The highest BCUT2D eigenvalue weighted by Gasteiger charge is 2.39. The van der Waals surface area contributed by atoms with Gasteiger partial charge in [0.1, 0.15) is 17.6 Å². The molecule has 1 aromatic carbocycles. The van der Waals surface area contributed by atoms with Crippen molar-refractivity contribution in [2.24, 2.45) is 0 Å². The molecule has 26 heavy (non-hydrogen) atoms. The summed E-state index contributed by atoms with van der Waals surface area (Å²) in [5.41, 5.74) is 3.04. The summed E-state index contributed by atoms with van der Waals surface area (Å²) in [5, 5.41) is 4.73. The van der Waals surface area contributed by atoms with Crippen molar-refractivity contribution in [2.45, 2.75) is 19.0 Å². The molecule has 4 rings (SSSR count). The molecule has 3 heterocycles. The van der Waals surface area contributed by atoms with Crippen molar-refractivity contribution >= 4 is 28.9 Å². The molecule has 0 radical (unpaired) electrons. The fourth-order valence-electron chi connectivity index (χ4n) is 3.33. The summed E-state index contributed by atoms with van der Waals surface area (Å²) in [6.07, 6.45) is 1.79. The summed E-state index contributed by atoms with van der Waals surface area (Å²) in [6, 6.07) is 15.5. The standard InChI is InChI=1S/C20H18ClN3OS/c1-12-6-7-13(21)11-14(12)16-8-9-17(25-16)19-18(23-20(26)24(19)2)15-5-3-4-10-22-15/h3-11,18-19H,1-2H3,(H,23,26)/t18-,19-/m1/s1. The summed E-state index contributed by atoms with van der Waals surface area (Å²) >= 11 is 11.6. The first-order chi connectivity index (χ1) is 12.5. The lowest BCUT2D eigenvalue weighted by Crippen LogP contribution is -2.24. The van der Waals surface area contributed by atoms with Gasteiger partial charge in [-0.2, -0.15) is 0 Å². The van der Waals surface area contributed by atoms with E-state index in [1.54, 1.807) is 6.20 Å². The third kappa shape index (κ3) is 2.97. The van der Waals surface area contributed by atoms with Crippen LogP contribution in [0.4, 0.5) is 0 Å². The number of aromatic nitrogens is 1. The van der Waals surface area contributed by atoms with Gasteiger partial charge in [-0.05, 0) is 61.1 Å². The van der Waals surface area contributed by atoms with Gasteiger partial charge in [-0.15, -0.1) is 0 Å². The Hall–Kier alpha value is -2.37. The average Bonchev–Trinajstić information content (AvgIpc) is 3.23. The van der Waals surface area contributed by atoms with Crippen LogP contribution in [-0.4, -0.2) is 22.0 Å². The summed E-state index contributed by atoms with van der Waals surface area (Å²) in [5.74, 6) is 1.64. The van der Waals surface area contributed by atoms with Crippen LogP contribution in [-0.2, 0) is 0 Å². The van der Waals surface area contributed by atoms with E-state index < -0.39 is 0 Å². The van der Waals surface area contributed by atoms with Crippen molar-refractivity contribution in [1.82, 2.24) is 15.2 Å². The predicted molar refractivity (Wildman–Crippen MR) is 107 cm³/mol. The molecular formula is C20H18ClN3OS. The van der Waals surface area contributed by atoms with Gasteiger partial charge in [0.2, 0.25) is 0 Å². The normalized spacial score (nSPS) is 19.7. The minimum Gasteiger partial charge on any atom is -0.459 e. The topological polar surface area (TPSA) is 41.3 Å². The first-order valence-corrected chi connectivity index (χ1v) is 9.14. The maximum Gasteiger partial charge on any atom is 0.170 e. The summed E-state index contributed by atoms with van der Waals surface area (Å²) in [4.78, 5) is 6.50. The van der Waals surface area contributed by atoms with Crippen molar-refractivity contribution in [3.8, 4) is 11.3 Å². The Morgan fingerprint density at radius 3 is 2.81 bits per heavy atom. The average molecular weight is 384 g/mol. The number of benzene rings is 1. The molecule has 0 unspecified atom stereocenters. The van der Waals surface area contributed by atoms with Crippen molar-refractivity contribution in [1.29, 1.82) is 0 Å². The van der Waals surface area contributed by atoms with Gasteiger partial charge in [-0.1, -0.05) is 23.7 Å². The number of pyridine rings is 1. The fraction of sp³-hybridized carbons (Fsp3) is 0.200. The van der Waals surface area contributed by atoms with E-state index in [0.29, 0.717) is 10.1 Å². The maximum absolute atomic E-state index is 6.23. The number of nitrogens with zero attached hydrogens (tertiary/aromatic N) is 2. The number of nitrogens with one attached hydrogen (secondary N) is 1. The van der Waals surface area contributed by atoms with Gasteiger partial charge in [0.05, 0.1) is 11.7 Å². The number of furan rings is 1. The number of likely N-dealkylation sites (N-methyl/N-ethyl adjacent to an activating group) is 1. The van der Waals surface area contributed by atoms with E-state index in [1.807, 2.05) is 67.4 Å². The molecule has 4 nitrogen and oxygen atoms in total. The van der Waals surface area contributed by atoms with Gasteiger partial charge in [0, 0.05) is 23.8 Å². The van der Waals surface area contributed by atoms with Gasteiger partial charge < -0.3 is 14.6 Å². The lowest BCUT2D eigenvalue weighted by molar-refractivity contribution is 0.310. The molecule has 0 spiro atoms. The van der Waals surface area contributed by atoms with E-state index in [4.69, 9.17) is 28.2 Å². The summed E-state index contributed by atoms with van der Waals surface area (Å²) in [7, 11) is 1.97. The Kier molecular flexibility index (Phi) is 4.42. The van der Waals surface area contributed by atoms with Crippen LogP contribution in [0.1, 0.15) is 29.1 Å². The minimum atomic E-state index is -0.0642. The number of rotatable bonds is 3. The van der Waals surface area contributed by atoms with E-state index in [-0.39, 0.29) is 12.1 Å². The highest BCUT2D eigenvalue weighted by atomic mass is 35.5. The molecule has 0 amide bonds. The van der Waals surface area contributed by atoms with E-state index in [0.717, 1.165) is 28.3 Å². The lowest BCUT2D eigenvalue weighted by Gasteiger charge is -2.21. The quantitative estimate of drug-likeness (QED) is 0.651. The molecule has 0 saturated carbocycles. The molecule has 2 aromatic heterocycles. The van der Waals surface area contributed by atoms with Crippen LogP contribution in [0, 0.1) is 6.92 Å². The molecule has 2 atom stereocenters. The largest absolute Gasteiger partial charge is 0.459 e. The molecule has 1 fully saturated rings. The molecule has 0 aliphatic carbocycles.